The number of ether oxygens (including phenoxy) is 1. The SMILES string of the molecule is COc1ccc(-c2c(C(C)C)nn(C)c2N)cc1. The molecule has 96 valence electrons. The van der Waals surface area contributed by atoms with Gasteiger partial charge >= 0.3 is 0 Å². The smallest absolute Gasteiger partial charge is 0.129 e. The molecule has 0 spiro atoms. The first-order chi connectivity index (χ1) is 8.54. The number of nitrogens with two attached hydrogens (primary N) is 1. The molecule has 0 amide bonds. The van der Waals surface area contributed by atoms with Crippen LogP contribution in [0.1, 0.15) is 25.5 Å². The monoisotopic (exact) mass is 245 g/mol. The Morgan fingerprint density at radius 1 is 1.22 bits per heavy atom. The Kier molecular flexibility index (Phi) is 3.28. The lowest BCUT2D eigenvalue weighted by atomic mass is 9.99. The fraction of sp³-hybridized carbons (Fsp3) is 0.357. The maximum absolute atomic E-state index is 6.11. The minimum Gasteiger partial charge on any atom is -0.497 e. The quantitative estimate of drug-likeness (QED) is 0.904. The van der Waals surface area contributed by atoms with E-state index < -0.39 is 0 Å². The highest BCUT2D eigenvalue weighted by molar-refractivity contribution is 5.77. The molecular formula is C14H19N3O. The molecule has 0 saturated heterocycles. The number of nitrogens with zero attached hydrogens (tertiary/aromatic N) is 2. The molecule has 0 aliphatic rings. The Bertz CT molecular complexity index is 541. The van der Waals surface area contributed by atoms with Crippen LogP contribution in [0.3, 0.4) is 0 Å². The van der Waals surface area contributed by atoms with E-state index in [0.717, 1.165) is 22.6 Å². The maximum Gasteiger partial charge on any atom is 0.129 e. The van der Waals surface area contributed by atoms with E-state index in [4.69, 9.17) is 10.5 Å². The zero-order valence-electron chi connectivity index (χ0n) is 11.3. The largest absolute Gasteiger partial charge is 0.497 e. The number of aromatic nitrogens is 2. The molecule has 0 unspecified atom stereocenters. The summed E-state index contributed by atoms with van der Waals surface area (Å²) in [6.45, 7) is 4.24. The molecule has 2 rings (SSSR count). The summed E-state index contributed by atoms with van der Waals surface area (Å²) in [4.78, 5) is 0. The van der Waals surface area contributed by atoms with Gasteiger partial charge in [-0.05, 0) is 23.6 Å². The highest BCUT2D eigenvalue weighted by Gasteiger charge is 2.17. The first-order valence-corrected chi connectivity index (χ1v) is 6.01. The predicted octanol–water partition coefficient (Wildman–Crippen LogP) is 2.80. The van der Waals surface area contributed by atoms with Gasteiger partial charge in [0.25, 0.3) is 0 Å². The summed E-state index contributed by atoms with van der Waals surface area (Å²) in [5.74, 6) is 1.88. The van der Waals surface area contributed by atoms with E-state index in [1.165, 1.54) is 0 Å². The van der Waals surface area contributed by atoms with Crippen molar-refractivity contribution in [1.29, 1.82) is 0 Å². The van der Waals surface area contributed by atoms with Crippen LogP contribution in [0.5, 0.6) is 5.75 Å². The van der Waals surface area contributed by atoms with Crippen LogP contribution in [-0.2, 0) is 7.05 Å². The van der Waals surface area contributed by atoms with E-state index >= 15 is 0 Å². The number of rotatable bonds is 3. The van der Waals surface area contributed by atoms with Crippen LogP contribution >= 0.6 is 0 Å². The fourth-order valence-corrected chi connectivity index (χ4v) is 2.02. The molecule has 4 nitrogen and oxygen atoms in total. The van der Waals surface area contributed by atoms with E-state index in [1.807, 2.05) is 31.3 Å². The van der Waals surface area contributed by atoms with Crippen LogP contribution in [0.4, 0.5) is 5.82 Å². The van der Waals surface area contributed by atoms with Gasteiger partial charge < -0.3 is 10.5 Å². The summed E-state index contributed by atoms with van der Waals surface area (Å²) in [5.41, 5.74) is 9.24. The van der Waals surface area contributed by atoms with Crippen molar-refractivity contribution in [3.8, 4) is 16.9 Å². The molecule has 0 aliphatic heterocycles. The maximum atomic E-state index is 6.11. The number of hydrogen-bond donors (Lipinski definition) is 1. The molecule has 0 saturated carbocycles. The Morgan fingerprint density at radius 2 is 1.83 bits per heavy atom. The zero-order valence-corrected chi connectivity index (χ0v) is 11.3. The highest BCUT2D eigenvalue weighted by Crippen LogP contribution is 2.34. The molecule has 0 radical (unpaired) electrons. The second-order valence-electron chi connectivity index (χ2n) is 4.65. The van der Waals surface area contributed by atoms with Gasteiger partial charge in [-0.15, -0.1) is 0 Å². The van der Waals surface area contributed by atoms with Crippen molar-refractivity contribution < 1.29 is 4.74 Å². The van der Waals surface area contributed by atoms with Crippen molar-refractivity contribution in [2.75, 3.05) is 12.8 Å². The van der Waals surface area contributed by atoms with Crippen molar-refractivity contribution in [2.24, 2.45) is 7.05 Å². The van der Waals surface area contributed by atoms with Gasteiger partial charge in [0.1, 0.15) is 11.6 Å². The second kappa shape index (κ2) is 4.72. The molecule has 4 heteroatoms. The summed E-state index contributed by atoms with van der Waals surface area (Å²) in [7, 11) is 3.53. The van der Waals surface area contributed by atoms with Crippen molar-refractivity contribution in [2.45, 2.75) is 19.8 Å². The summed E-state index contributed by atoms with van der Waals surface area (Å²) in [6.07, 6.45) is 0. The third-order valence-electron chi connectivity index (χ3n) is 3.04. The minimum absolute atomic E-state index is 0.339. The third-order valence-corrected chi connectivity index (χ3v) is 3.04. The number of nitrogen functional groups attached to an aromatic ring is 1. The van der Waals surface area contributed by atoms with Gasteiger partial charge in [-0.1, -0.05) is 26.0 Å². The molecule has 2 N–H and O–H groups in total. The number of hydrogen-bond acceptors (Lipinski definition) is 3. The topological polar surface area (TPSA) is 53.1 Å². The predicted molar refractivity (Wildman–Crippen MR) is 73.7 cm³/mol. The Balaban J connectivity index is 2.54. The van der Waals surface area contributed by atoms with E-state index in [-0.39, 0.29) is 0 Å². The summed E-state index contributed by atoms with van der Waals surface area (Å²) < 4.78 is 6.90. The normalized spacial score (nSPS) is 10.9. The van der Waals surface area contributed by atoms with E-state index in [2.05, 4.69) is 18.9 Å². The van der Waals surface area contributed by atoms with Crippen molar-refractivity contribution in [1.82, 2.24) is 9.78 Å². The van der Waals surface area contributed by atoms with Gasteiger partial charge in [-0.25, -0.2) is 0 Å². The molecule has 0 aliphatic carbocycles. The van der Waals surface area contributed by atoms with E-state index in [1.54, 1.807) is 11.8 Å². The lowest BCUT2D eigenvalue weighted by Crippen LogP contribution is -1.98. The van der Waals surface area contributed by atoms with Crippen LogP contribution in [-0.4, -0.2) is 16.9 Å². The third kappa shape index (κ3) is 2.06. The average molecular weight is 245 g/mol. The van der Waals surface area contributed by atoms with Crippen LogP contribution in [0.25, 0.3) is 11.1 Å². The van der Waals surface area contributed by atoms with Gasteiger partial charge in [0, 0.05) is 12.6 Å². The van der Waals surface area contributed by atoms with Gasteiger partial charge in [-0.2, -0.15) is 5.10 Å². The lowest BCUT2D eigenvalue weighted by molar-refractivity contribution is 0.415. The summed E-state index contributed by atoms with van der Waals surface area (Å²) in [5, 5.41) is 4.49. The Morgan fingerprint density at radius 3 is 2.33 bits per heavy atom. The molecule has 2 aromatic rings. The number of benzene rings is 1. The lowest BCUT2D eigenvalue weighted by Gasteiger charge is -2.07. The van der Waals surface area contributed by atoms with Crippen LogP contribution < -0.4 is 10.5 Å². The van der Waals surface area contributed by atoms with Crippen molar-refractivity contribution in [3.05, 3.63) is 30.0 Å². The molecule has 1 aromatic carbocycles. The van der Waals surface area contributed by atoms with E-state index in [9.17, 15) is 0 Å². The van der Waals surface area contributed by atoms with E-state index in [0.29, 0.717) is 11.7 Å². The zero-order chi connectivity index (χ0) is 13.3. The van der Waals surface area contributed by atoms with Crippen LogP contribution in [0.15, 0.2) is 24.3 Å². The second-order valence-corrected chi connectivity index (χ2v) is 4.65. The summed E-state index contributed by atoms with van der Waals surface area (Å²) in [6, 6.07) is 7.90. The van der Waals surface area contributed by atoms with Crippen molar-refractivity contribution >= 4 is 5.82 Å². The molecule has 0 fully saturated rings. The molecule has 1 aromatic heterocycles. The van der Waals surface area contributed by atoms with Gasteiger partial charge in [-0.3, -0.25) is 4.68 Å². The minimum atomic E-state index is 0.339. The molecule has 18 heavy (non-hydrogen) atoms. The first-order valence-electron chi connectivity index (χ1n) is 6.01. The molecule has 0 atom stereocenters. The Labute approximate surface area is 107 Å². The standard InChI is InChI=1S/C14H19N3O/c1-9(2)13-12(14(15)17(3)16-13)10-5-7-11(18-4)8-6-10/h5-9H,15H2,1-4H3. The molecular weight excluding hydrogens is 226 g/mol. The molecule has 1 heterocycles. The fourth-order valence-electron chi connectivity index (χ4n) is 2.02. The molecule has 0 bridgehead atoms. The van der Waals surface area contributed by atoms with Gasteiger partial charge in [0.15, 0.2) is 0 Å². The van der Waals surface area contributed by atoms with Crippen LogP contribution in [0, 0.1) is 0 Å². The number of anilines is 1. The summed E-state index contributed by atoms with van der Waals surface area (Å²) >= 11 is 0. The Hall–Kier alpha value is -1.97. The average Bonchev–Trinajstić information content (AvgIpc) is 2.66. The van der Waals surface area contributed by atoms with Gasteiger partial charge in [0.2, 0.25) is 0 Å². The van der Waals surface area contributed by atoms with Crippen molar-refractivity contribution in [3.63, 3.8) is 0 Å². The van der Waals surface area contributed by atoms with Gasteiger partial charge in [0.05, 0.1) is 12.8 Å². The highest BCUT2D eigenvalue weighted by atomic mass is 16.5. The number of aryl methyl sites for hydroxylation is 1. The van der Waals surface area contributed by atoms with Crippen LogP contribution in [0.2, 0.25) is 0 Å². The number of methoxy groups -OCH3 is 1. The first kappa shape index (κ1) is 12.5.